The summed E-state index contributed by atoms with van der Waals surface area (Å²) in [6.07, 6.45) is 1.59. The first-order valence-electron chi connectivity index (χ1n) is 10.3. The van der Waals surface area contributed by atoms with Crippen LogP contribution >= 0.6 is 11.8 Å². The number of nitrogens with zero attached hydrogens (tertiary/aromatic N) is 3. The molecule has 2 heterocycles. The van der Waals surface area contributed by atoms with Gasteiger partial charge in [-0.15, -0.1) is 10.2 Å². The highest BCUT2D eigenvalue weighted by molar-refractivity contribution is 7.99. The number of hydrogen-bond donors (Lipinski definition) is 1. The molecule has 0 saturated carbocycles. The fourth-order valence-corrected chi connectivity index (χ4v) is 3.81. The topological polar surface area (TPSA) is 80.9 Å². The van der Waals surface area contributed by atoms with E-state index in [-0.39, 0.29) is 17.7 Å². The smallest absolute Gasteiger partial charge is 0.231 e. The number of carbonyl (C=O) groups excluding carboxylic acids is 1. The van der Waals surface area contributed by atoms with E-state index in [4.69, 9.17) is 9.40 Å². The van der Waals surface area contributed by atoms with Crippen molar-refractivity contribution in [3.05, 3.63) is 83.8 Å². The van der Waals surface area contributed by atoms with E-state index in [1.165, 1.54) is 22.9 Å². The summed E-state index contributed by atoms with van der Waals surface area (Å²) in [5.41, 5.74) is 5.72. The van der Waals surface area contributed by atoms with Crippen LogP contribution in [0.25, 0.3) is 22.5 Å². The fraction of sp³-hybridized carbons (Fsp3) is 0.200. The summed E-state index contributed by atoms with van der Waals surface area (Å²) in [5.74, 6) is 0.775. The first-order chi connectivity index (χ1) is 15.5. The van der Waals surface area contributed by atoms with Crippen molar-refractivity contribution in [2.45, 2.75) is 32.0 Å². The van der Waals surface area contributed by atoms with E-state index < -0.39 is 0 Å². The van der Waals surface area contributed by atoms with Crippen molar-refractivity contribution >= 4 is 17.7 Å². The summed E-state index contributed by atoms with van der Waals surface area (Å²) < 4.78 is 5.34. The van der Waals surface area contributed by atoms with E-state index in [1.807, 2.05) is 75.4 Å². The molecule has 4 rings (SSSR count). The molecule has 32 heavy (non-hydrogen) atoms. The normalized spacial score (nSPS) is 11.8. The number of aryl methyl sites for hydroxylation is 2. The van der Waals surface area contributed by atoms with Gasteiger partial charge in [-0.25, -0.2) is 4.98 Å². The molecule has 1 amide bonds. The molecule has 2 aromatic heterocycles. The highest BCUT2D eigenvalue weighted by Gasteiger charge is 2.16. The SMILES string of the molecule is Cc1ccc(-c2nnc(SCC(=O)NC(C)c3ccco3)nc2-c2ccc(C)cc2)cc1. The minimum absolute atomic E-state index is 0.123. The molecule has 162 valence electrons. The number of rotatable bonds is 7. The lowest BCUT2D eigenvalue weighted by atomic mass is 10.0. The maximum atomic E-state index is 12.4. The highest BCUT2D eigenvalue weighted by Crippen LogP contribution is 2.30. The second-order valence-electron chi connectivity index (χ2n) is 7.62. The molecule has 0 radical (unpaired) electrons. The van der Waals surface area contributed by atoms with Gasteiger partial charge in [-0.3, -0.25) is 4.79 Å². The second-order valence-corrected chi connectivity index (χ2v) is 8.56. The summed E-state index contributed by atoms with van der Waals surface area (Å²) in [6.45, 7) is 5.98. The number of benzene rings is 2. The van der Waals surface area contributed by atoms with Crippen molar-refractivity contribution in [2.75, 3.05) is 5.75 Å². The van der Waals surface area contributed by atoms with Crippen LogP contribution in [0.15, 0.2) is 76.5 Å². The summed E-state index contributed by atoms with van der Waals surface area (Å²) >= 11 is 1.26. The van der Waals surface area contributed by atoms with E-state index in [0.29, 0.717) is 16.6 Å². The van der Waals surface area contributed by atoms with E-state index >= 15 is 0 Å². The largest absolute Gasteiger partial charge is 0.467 e. The van der Waals surface area contributed by atoms with Gasteiger partial charge in [-0.1, -0.05) is 71.4 Å². The van der Waals surface area contributed by atoms with Crippen molar-refractivity contribution in [1.29, 1.82) is 0 Å². The fourth-order valence-electron chi connectivity index (χ4n) is 3.21. The zero-order chi connectivity index (χ0) is 22.5. The molecule has 6 nitrogen and oxygen atoms in total. The van der Waals surface area contributed by atoms with Crippen LogP contribution in [0.4, 0.5) is 0 Å². The number of hydrogen-bond acceptors (Lipinski definition) is 6. The van der Waals surface area contributed by atoms with Gasteiger partial charge in [0.1, 0.15) is 17.1 Å². The number of thioether (sulfide) groups is 1. The number of furan rings is 1. The maximum absolute atomic E-state index is 12.4. The van der Waals surface area contributed by atoms with Crippen LogP contribution in [-0.2, 0) is 4.79 Å². The van der Waals surface area contributed by atoms with Gasteiger partial charge in [0.15, 0.2) is 0 Å². The van der Waals surface area contributed by atoms with Crippen molar-refractivity contribution in [3.63, 3.8) is 0 Å². The van der Waals surface area contributed by atoms with Gasteiger partial charge in [0.2, 0.25) is 11.1 Å². The third-order valence-electron chi connectivity index (χ3n) is 5.00. The Balaban J connectivity index is 1.55. The summed E-state index contributed by atoms with van der Waals surface area (Å²) in [5, 5.41) is 12.1. The lowest BCUT2D eigenvalue weighted by Crippen LogP contribution is -2.28. The summed E-state index contributed by atoms with van der Waals surface area (Å²) in [6, 6.07) is 19.7. The zero-order valence-electron chi connectivity index (χ0n) is 18.2. The second kappa shape index (κ2) is 9.78. The number of amides is 1. The predicted octanol–water partition coefficient (Wildman–Crippen LogP) is 5.38. The van der Waals surface area contributed by atoms with Crippen molar-refractivity contribution in [2.24, 2.45) is 0 Å². The molecule has 2 aromatic carbocycles. The van der Waals surface area contributed by atoms with Gasteiger partial charge in [0.25, 0.3) is 0 Å². The number of aromatic nitrogens is 3. The molecule has 0 fully saturated rings. The van der Waals surface area contributed by atoms with E-state index in [1.54, 1.807) is 12.3 Å². The predicted molar refractivity (Wildman–Crippen MR) is 126 cm³/mol. The molecule has 1 N–H and O–H groups in total. The average Bonchev–Trinajstić information content (AvgIpc) is 3.34. The molecule has 4 aromatic rings. The van der Waals surface area contributed by atoms with Crippen LogP contribution in [-0.4, -0.2) is 26.8 Å². The quantitative estimate of drug-likeness (QED) is 0.385. The van der Waals surface area contributed by atoms with Crippen molar-refractivity contribution in [1.82, 2.24) is 20.5 Å². The third-order valence-corrected chi connectivity index (χ3v) is 5.83. The molecular formula is C25H24N4O2S. The molecule has 0 aliphatic heterocycles. The average molecular weight is 445 g/mol. The van der Waals surface area contributed by atoms with Crippen molar-refractivity contribution < 1.29 is 9.21 Å². The Morgan fingerprint density at radius 2 is 1.56 bits per heavy atom. The molecule has 1 atom stereocenters. The Bertz CT molecular complexity index is 1190. The Morgan fingerprint density at radius 3 is 2.16 bits per heavy atom. The van der Waals surface area contributed by atoms with Gasteiger partial charge in [-0.05, 0) is 32.9 Å². The van der Waals surface area contributed by atoms with Crippen LogP contribution in [0.5, 0.6) is 0 Å². The Hall–Kier alpha value is -3.45. The molecule has 0 spiro atoms. The van der Waals surface area contributed by atoms with Gasteiger partial charge in [0, 0.05) is 11.1 Å². The molecule has 0 bridgehead atoms. The number of nitrogens with one attached hydrogen (secondary N) is 1. The number of carbonyl (C=O) groups is 1. The van der Waals surface area contributed by atoms with Crippen LogP contribution in [0, 0.1) is 13.8 Å². The first-order valence-corrected chi connectivity index (χ1v) is 11.3. The molecule has 0 aliphatic carbocycles. The van der Waals surface area contributed by atoms with Crippen LogP contribution in [0.1, 0.15) is 29.9 Å². The third kappa shape index (κ3) is 5.23. The Labute approximate surface area is 191 Å². The van der Waals surface area contributed by atoms with E-state index in [0.717, 1.165) is 16.8 Å². The Kier molecular flexibility index (Phi) is 6.66. The van der Waals surface area contributed by atoms with Crippen molar-refractivity contribution in [3.8, 4) is 22.5 Å². The monoisotopic (exact) mass is 444 g/mol. The minimum Gasteiger partial charge on any atom is -0.467 e. The van der Waals surface area contributed by atoms with Gasteiger partial charge in [0.05, 0.1) is 18.1 Å². The molecule has 0 saturated heterocycles. The van der Waals surface area contributed by atoms with Gasteiger partial charge in [-0.2, -0.15) is 0 Å². The molecular weight excluding hydrogens is 420 g/mol. The zero-order valence-corrected chi connectivity index (χ0v) is 19.0. The molecule has 7 heteroatoms. The Morgan fingerprint density at radius 1 is 0.938 bits per heavy atom. The molecule has 0 aliphatic rings. The minimum atomic E-state index is -0.204. The van der Waals surface area contributed by atoms with Crippen LogP contribution in [0.2, 0.25) is 0 Å². The molecule has 1 unspecified atom stereocenters. The highest BCUT2D eigenvalue weighted by atomic mass is 32.2. The standard InChI is InChI=1S/C25H24N4O2S/c1-16-6-10-19(11-7-16)23-24(20-12-8-17(2)9-13-20)28-29-25(27-23)32-15-22(30)26-18(3)21-5-4-14-31-21/h4-14,18H,15H2,1-3H3,(H,26,30). The van der Waals surface area contributed by atoms with Gasteiger partial charge >= 0.3 is 0 Å². The van der Waals surface area contributed by atoms with E-state index in [2.05, 4.69) is 15.5 Å². The lowest BCUT2D eigenvalue weighted by molar-refractivity contribution is -0.119. The first kappa shape index (κ1) is 21.8. The van der Waals surface area contributed by atoms with Crippen LogP contribution < -0.4 is 5.32 Å². The lowest BCUT2D eigenvalue weighted by Gasteiger charge is -2.12. The van der Waals surface area contributed by atoms with E-state index in [9.17, 15) is 4.79 Å². The van der Waals surface area contributed by atoms with Crippen LogP contribution in [0.3, 0.4) is 0 Å². The summed E-state index contributed by atoms with van der Waals surface area (Å²) in [4.78, 5) is 17.1. The maximum Gasteiger partial charge on any atom is 0.231 e. The summed E-state index contributed by atoms with van der Waals surface area (Å²) in [7, 11) is 0. The van der Waals surface area contributed by atoms with Gasteiger partial charge < -0.3 is 9.73 Å².